The minimum atomic E-state index is -0.203. The fourth-order valence-electron chi connectivity index (χ4n) is 4.14. The van der Waals surface area contributed by atoms with E-state index in [0.29, 0.717) is 31.4 Å². The fraction of sp³-hybridized carbons (Fsp3) is 0.524. The molecule has 1 saturated carbocycles. The van der Waals surface area contributed by atoms with Gasteiger partial charge >= 0.3 is 0 Å². The van der Waals surface area contributed by atoms with Gasteiger partial charge in [0, 0.05) is 19.6 Å². The number of nitrogens with zero attached hydrogens (tertiary/aromatic N) is 5. The van der Waals surface area contributed by atoms with E-state index in [9.17, 15) is 9.59 Å². The van der Waals surface area contributed by atoms with Crippen molar-refractivity contribution >= 4 is 11.8 Å². The van der Waals surface area contributed by atoms with Gasteiger partial charge in [0.2, 0.25) is 5.91 Å². The van der Waals surface area contributed by atoms with Crippen molar-refractivity contribution in [2.24, 2.45) is 0 Å². The number of carbonyl (C=O) groups excluding carboxylic acids is 2. The van der Waals surface area contributed by atoms with Crippen LogP contribution in [0.15, 0.2) is 30.5 Å². The average molecular weight is 381 g/mol. The molecule has 1 aliphatic heterocycles. The first-order chi connectivity index (χ1) is 13.6. The maximum Gasteiger partial charge on any atom is 0.276 e. The summed E-state index contributed by atoms with van der Waals surface area (Å²) in [6, 6.07) is 8.51. The molecule has 0 radical (unpaired) electrons. The second kappa shape index (κ2) is 8.12. The van der Waals surface area contributed by atoms with Crippen LogP contribution in [0.5, 0.6) is 0 Å². The van der Waals surface area contributed by atoms with E-state index in [4.69, 9.17) is 0 Å². The quantitative estimate of drug-likeness (QED) is 0.816. The molecule has 2 heterocycles. The molecule has 0 bridgehead atoms. The maximum atomic E-state index is 12.8. The number of piperazine rings is 1. The SMILES string of the molecule is Cc1cccc(CN2CCN(C(=O)c3cn(C4CCCCC4)nn3)CC2=O)c1. The Balaban J connectivity index is 1.36. The smallest absolute Gasteiger partial charge is 0.276 e. The first kappa shape index (κ1) is 18.7. The molecule has 0 atom stereocenters. The van der Waals surface area contributed by atoms with E-state index in [2.05, 4.69) is 16.4 Å². The van der Waals surface area contributed by atoms with Gasteiger partial charge in [-0.25, -0.2) is 4.68 Å². The molecular formula is C21H27N5O2. The molecule has 2 fully saturated rings. The van der Waals surface area contributed by atoms with Crippen LogP contribution < -0.4 is 0 Å². The number of hydrogen-bond donors (Lipinski definition) is 0. The molecule has 0 spiro atoms. The molecule has 2 aromatic rings. The van der Waals surface area contributed by atoms with Gasteiger partial charge in [-0.05, 0) is 25.3 Å². The molecule has 2 amide bonds. The van der Waals surface area contributed by atoms with Gasteiger partial charge in [0.1, 0.15) is 6.54 Å². The Kier molecular flexibility index (Phi) is 5.41. The van der Waals surface area contributed by atoms with Crippen molar-refractivity contribution in [3.8, 4) is 0 Å². The van der Waals surface area contributed by atoms with E-state index < -0.39 is 0 Å². The molecule has 4 rings (SSSR count). The lowest BCUT2D eigenvalue weighted by Crippen LogP contribution is -2.51. The lowest BCUT2D eigenvalue weighted by molar-refractivity contribution is -0.135. The van der Waals surface area contributed by atoms with E-state index in [1.165, 1.54) is 24.8 Å². The highest BCUT2D eigenvalue weighted by Gasteiger charge is 2.29. The zero-order valence-electron chi connectivity index (χ0n) is 16.4. The largest absolute Gasteiger partial charge is 0.335 e. The summed E-state index contributed by atoms with van der Waals surface area (Å²) in [6.45, 7) is 3.78. The van der Waals surface area contributed by atoms with E-state index in [1.54, 1.807) is 11.1 Å². The van der Waals surface area contributed by atoms with E-state index in [1.807, 2.05) is 34.7 Å². The van der Waals surface area contributed by atoms with Gasteiger partial charge in [-0.15, -0.1) is 5.10 Å². The third-order valence-electron chi connectivity index (χ3n) is 5.74. The summed E-state index contributed by atoms with van der Waals surface area (Å²) >= 11 is 0. The van der Waals surface area contributed by atoms with Gasteiger partial charge in [0.05, 0.1) is 12.2 Å². The molecule has 1 aromatic heterocycles. The summed E-state index contributed by atoms with van der Waals surface area (Å²) in [7, 11) is 0. The van der Waals surface area contributed by atoms with Crippen LogP contribution in [0.3, 0.4) is 0 Å². The summed E-state index contributed by atoms with van der Waals surface area (Å²) in [6.07, 6.45) is 7.60. The summed E-state index contributed by atoms with van der Waals surface area (Å²) in [5.74, 6) is -0.230. The number of benzene rings is 1. The summed E-state index contributed by atoms with van der Waals surface area (Å²) < 4.78 is 1.84. The number of rotatable bonds is 4. The third kappa shape index (κ3) is 4.08. The standard InChI is InChI=1S/C21H27N5O2/c1-16-6-5-7-17(12-16)13-24-10-11-25(15-20(24)27)21(28)19-14-26(23-22-19)18-8-3-2-4-9-18/h5-7,12,14,18H,2-4,8-11,13,15H2,1H3. The predicted molar refractivity (Wildman–Crippen MR) is 105 cm³/mol. The zero-order valence-corrected chi connectivity index (χ0v) is 16.4. The van der Waals surface area contributed by atoms with Crippen molar-refractivity contribution in [1.29, 1.82) is 0 Å². The minimum absolute atomic E-state index is 0.0271. The minimum Gasteiger partial charge on any atom is -0.335 e. The van der Waals surface area contributed by atoms with Crippen LogP contribution in [0, 0.1) is 6.92 Å². The second-order valence-corrected chi connectivity index (χ2v) is 7.91. The van der Waals surface area contributed by atoms with Gasteiger partial charge in [0.15, 0.2) is 5.69 Å². The van der Waals surface area contributed by atoms with Crippen LogP contribution in [-0.2, 0) is 11.3 Å². The van der Waals surface area contributed by atoms with Gasteiger partial charge in [0.25, 0.3) is 5.91 Å². The van der Waals surface area contributed by atoms with E-state index in [-0.39, 0.29) is 18.4 Å². The van der Waals surface area contributed by atoms with Crippen molar-refractivity contribution in [3.63, 3.8) is 0 Å². The first-order valence-corrected chi connectivity index (χ1v) is 10.1. The Hall–Kier alpha value is -2.70. The number of hydrogen-bond acceptors (Lipinski definition) is 4. The molecule has 148 valence electrons. The molecular weight excluding hydrogens is 354 g/mol. The first-order valence-electron chi connectivity index (χ1n) is 10.1. The Bertz CT molecular complexity index is 856. The van der Waals surface area contributed by atoms with Crippen molar-refractivity contribution in [2.75, 3.05) is 19.6 Å². The van der Waals surface area contributed by atoms with Crippen LogP contribution >= 0.6 is 0 Å². The Morgan fingerprint density at radius 3 is 2.75 bits per heavy atom. The number of amides is 2. The van der Waals surface area contributed by atoms with Crippen LogP contribution in [0.1, 0.15) is 59.8 Å². The molecule has 1 aromatic carbocycles. The van der Waals surface area contributed by atoms with Gasteiger partial charge in [-0.3, -0.25) is 9.59 Å². The van der Waals surface area contributed by atoms with Crippen LogP contribution in [0.25, 0.3) is 0 Å². The Morgan fingerprint density at radius 1 is 1.18 bits per heavy atom. The fourth-order valence-corrected chi connectivity index (χ4v) is 4.14. The number of carbonyl (C=O) groups is 2. The second-order valence-electron chi connectivity index (χ2n) is 7.91. The zero-order chi connectivity index (χ0) is 19.5. The van der Waals surface area contributed by atoms with Crippen molar-refractivity contribution in [3.05, 3.63) is 47.3 Å². The highest BCUT2D eigenvalue weighted by atomic mass is 16.2. The van der Waals surface area contributed by atoms with Crippen LogP contribution in [-0.4, -0.2) is 56.2 Å². The normalized spacial score (nSPS) is 18.5. The van der Waals surface area contributed by atoms with Crippen molar-refractivity contribution < 1.29 is 9.59 Å². The van der Waals surface area contributed by atoms with Gasteiger partial charge in [-0.2, -0.15) is 0 Å². The molecule has 1 saturated heterocycles. The molecule has 7 nitrogen and oxygen atoms in total. The maximum absolute atomic E-state index is 12.8. The molecule has 7 heteroatoms. The Morgan fingerprint density at radius 2 is 2.00 bits per heavy atom. The predicted octanol–water partition coefficient (Wildman–Crippen LogP) is 2.58. The molecule has 1 aliphatic carbocycles. The lowest BCUT2D eigenvalue weighted by Gasteiger charge is -2.34. The number of aryl methyl sites for hydroxylation is 1. The van der Waals surface area contributed by atoms with Crippen molar-refractivity contribution in [1.82, 2.24) is 24.8 Å². The molecule has 0 N–H and O–H groups in total. The van der Waals surface area contributed by atoms with Crippen LogP contribution in [0.2, 0.25) is 0 Å². The average Bonchev–Trinajstić information content (AvgIpc) is 3.20. The highest BCUT2D eigenvalue weighted by molar-refractivity contribution is 5.95. The van der Waals surface area contributed by atoms with Crippen molar-refractivity contribution in [2.45, 2.75) is 51.6 Å². The lowest BCUT2D eigenvalue weighted by atomic mass is 9.96. The monoisotopic (exact) mass is 381 g/mol. The molecule has 2 aliphatic rings. The highest BCUT2D eigenvalue weighted by Crippen LogP contribution is 2.27. The van der Waals surface area contributed by atoms with E-state index >= 15 is 0 Å². The van der Waals surface area contributed by atoms with E-state index in [0.717, 1.165) is 18.4 Å². The topological polar surface area (TPSA) is 71.3 Å². The third-order valence-corrected chi connectivity index (χ3v) is 5.74. The molecule has 0 unspecified atom stereocenters. The summed E-state index contributed by atoms with van der Waals surface area (Å²) in [5.41, 5.74) is 2.63. The van der Waals surface area contributed by atoms with Crippen LogP contribution in [0.4, 0.5) is 0 Å². The van der Waals surface area contributed by atoms with Gasteiger partial charge in [-0.1, -0.05) is 54.3 Å². The summed E-state index contributed by atoms with van der Waals surface area (Å²) in [4.78, 5) is 28.8. The Labute approximate surface area is 165 Å². The summed E-state index contributed by atoms with van der Waals surface area (Å²) in [5, 5.41) is 8.26. The number of aromatic nitrogens is 3. The van der Waals surface area contributed by atoms with Gasteiger partial charge < -0.3 is 9.80 Å². The molecule has 28 heavy (non-hydrogen) atoms.